The number of rotatable bonds is 4. The lowest BCUT2D eigenvalue weighted by Gasteiger charge is -2.08. The molecule has 1 rings (SSSR count). The largest absolute Gasteiger partial charge is 0.330 e. The zero-order valence-corrected chi connectivity index (χ0v) is 8.78. The van der Waals surface area contributed by atoms with E-state index >= 15 is 0 Å². The highest BCUT2D eigenvalue weighted by Gasteiger charge is 2.06. The fourth-order valence-corrected chi connectivity index (χ4v) is 1.89. The lowest BCUT2D eigenvalue weighted by Crippen LogP contribution is -2.12. The maximum Gasteiger partial charge on any atom is 0.136 e. The highest BCUT2D eigenvalue weighted by molar-refractivity contribution is 7.99. The molecule has 0 aromatic heterocycles. The van der Waals surface area contributed by atoms with Crippen molar-refractivity contribution < 1.29 is 8.78 Å². The molecule has 1 aromatic rings. The molecule has 0 amide bonds. The number of nitrogens with two attached hydrogens (primary N) is 1. The van der Waals surface area contributed by atoms with Gasteiger partial charge in [-0.05, 0) is 30.7 Å². The summed E-state index contributed by atoms with van der Waals surface area (Å²) < 4.78 is 25.9. The summed E-state index contributed by atoms with van der Waals surface area (Å²) in [5.74, 6) is 0.231. The Morgan fingerprint density at radius 3 is 2.79 bits per heavy atom. The molecular weight excluding hydrogens is 204 g/mol. The zero-order chi connectivity index (χ0) is 10.6. The molecule has 0 saturated heterocycles. The first-order valence-corrected chi connectivity index (χ1v) is 5.40. The van der Waals surface area contributed by atoms with Crippen LogP contribution < -0.4 is 5.73 Å². The summed E-state index contributed by atoms with van der Waals surface area (Å²) in [5, 5.41) is 0. The van der Waals surface area contributed by atoms with Gasteiger partial charge in [0.1, 0.15) is 11.6 Å². The van der Waals surface area contributed by atoms with E-state index in [0.717, 1.165) is 12.1 Å². The van der Waals surface area contributed by atoms with Crippen LogP contribution in [0.15, 0.2) is 23.1 Å². The summed E-state index contributed by atoms with van der Waals surface area (Å²) >= 11 is 1.30. The predicted octanol–water partition coefficient (Wildman–Crippen LogP) is 2.65. The van der Waals surface area contributed by atoms with E-state index in [4.69, 9.17) is 5.73 Å². The van der Waals surface area contributed by atoms with E-state index in [1.165, 1.54) is 17.8 Å². The third-order valence-electron chi connectivity index (χ3n) is 1.82. The number of thioether (sulfide) groups is 1. The molecule has 0 heterocycles. The standard InChI is InChI=1S/C10H13F2NS/c1-7(5-13)6-14-10-4-8(11)2-3-9(10)12/h2-4,7H,5-6,13H2,1H3. The molecule has 0 spiro atoms. The Morgan fingerprint density at radius 1 is 1.43 bits per heavy atom. The first-order valence-electron chi connectivity index (χ1n) is 4.41. The molecule has 0 saturated carbocycles. The Kier molecular flexibility index (Phi) is 4.35. The minimum absolute atomic E-state index is 0.308. The summed E-state index contributed by atoms with van der Waals surface area (Å²) in [5.41, 5.74) is 5.42. The van der Waals surface area contributed by atoms with Crippen LogP contribution in [0, 0.1) is 17.6 Å². The van der Waals surface area contributed by atoms with Crippen LogP contribution >= 0.6 is 11.8 Å². The quantitative estimate of drug-likeness (QED) is 0.785. The predicted molar refractivity (Wildman–Crippen MR) is 55.3 cm³/mol. The van der Waals surface area contributed by atoms with Crippen molar-refractivity contribution in [3.05, 3.63) is 29.8 Å². The van der Waals surface area contributed by atoms with Crippen LogP contribution in [0.5, 0.6) is 0 Å². The second-order valence-corrected chi connectivity index (χ2v) is 4.29. The second kappa shape index (κ2) is 5.32. The molecule has 0 fully saturated rings. The lowest BCUT2D eigenvalue weighted by molar-refractivity contribution is 0.576. The third kappa shape index (κ3) is 3.27. The normalized spacial score (nSPS) is 12.9. The molecule has 14 heavy (non-hydrogen) atoms. The van der Waals surface area contributed by atoms with Gasteiger partial charge >= 0.3 is 0 Å². The van der Waals surface area contributed by atoms with Crippen molar-refractivity contribution in [3.63, 3.8) is 0 Å². The van der Waals surface area contributed by atoms with Crippen molar-refractivity contribution in [2.75, 3.05) is 12.3 Å². The molecule has 4 heteroatoms. The van der Waals surface area contributed by atoms with E-state index in [1.807, 2.05) is 6.92 Å². The molecule has 0 bridgehead atoms. The van der Waals surface area contributed by atoms with Crippen LogP contribution in [0.3, 0.4) is 0 Å². The molecule has 0 aliphatic carbocycles. The van der Waals surface area contributed by atoms with Gasteiger partial charge < -0.3 is 5.73 Å². The van der Waals surface area contributed by atoms with Gasteiger partial charge in [0.25, 0.3) is 0 Å². The van der Waals surface area contributed by atoms with E-state index in [0.29, 0.717) is 23.1 Å². The zero-order valence-electron chi connectivity index (χ0n) is 7.97. The van der Waals surface area contributed by atoms with Crippen LogP contribution in [0.2, 0.25) is 0 Å². The van der Waals surface area contributed by atoms with Gasteiger partial charge in [-0.1, -0.05) is 6.92 Å². The summed E-state index contributed by atoms with van der Waals surface area (Å²) in [7, 11) is 0. The molecule has 0 aliphatic rings. The van der Waals surface area contributed by atoms with Gasteiger partial charge in [0.15, 0.2) is 0 Å². The first-order chi connectivity index (χ1) is 6.63. The van der Waals surface area contributed by atoms with E-state index in [-0.39, 0.29) is 5.82 Å². The van der Waals surface area contributed by atoms with Gasteiger partial charge in [-0.15, -0.1) is 11.8 Å². The highest BCUT2D eigenvalue weighted by atomic mass is 32.2. The van der Waals surface area contributed by atoms with Crippen LogP contribution in [-0.2, 0) is 0 Å². The SMILES string of the molecule is CC(CN)CSc1cc(F)ccc1F. The molecule has 0 aliphatic heterocycles. The summed E-state index contributed by atoms with van der Waals surface area (Å²) in [6.07, 6.45) is 0. The van der Waals surface area contributed by atoms with E-state index in [9.17, 15) is 8.78 Å². The van der Waals surface area contributed by atoms with E-state index < -0.39 is 5.82 Å². The summed E-state index contributed by atoms with van der Waals surface area (Å²) in [4.78, 5) is 0.352. The Bertz CT molecular complexity index is 304. The second-order valence-electron chi connectivity index (χ2n) is 3.23. The van der Waals surface area contributed by atoms with Gasteiger partial charge in [-0.3, -0.25) is 0 Å². The molecular formula is C10H13F2NS. The maximum absolute atomic E-state index is 13.1. The molecule has 1 aromatic carbocycles. The van der Waals surface area contributed by atoms with E-state index in [1.54, 1.807) is 0 Å². The Hall–Kier alpha value is -0.610. The monoisotopic (exact) mass is 217 g/mol. The first kappa shape index (κ1) is 11.5. The van der Waals surface area contributed by atoms with Gasteiger partial charge in [-0.2, -0.15) is 0 Å². The minimum Gasteiger partial charge on any atom is -0.330 e. The van der Waals surface area contributed by atoms with E-state index in [2.05, 4.69) is 0 Å². The number of benzene rings is 1. The fraction of sp³-hybridized carbons (Fsp3) is 0.400. The molecule has 1 unspecified atom stereocenters. The van der Waals surface area contributed by atoms with Gasteiger partial charge in [0.2, 0.25) is 0 Å². The van der Waals surface area contributed by atoms with Crippen LogP contribution in [0.1, 0.15) is 6.92 Å². The summed E-state index contributed by atoms with van der Waals surface area (Å²) in [6, 6.07) is 3.47. The van der Waals surface area contributed by atoms with Crippen LogP contribution in [-0.4, -0.2) is 12.3 Å². The molecule has 2 N–H and O–H groups in total. The van der Waals surface area contributed by atoms with Crippen molar-refractivity contribution in [2.45, 2.75) is 11.8 Å². The van der Waals surface area contributed by atoms with Crippen molar-refractivity contribution in [3.8, 4) is 0 Å². The Labute approximate surface area is 86.7 Å². The molecule has 1 nitrogen and oxygen atoms in total. The minimum atomic E-state index is -0.408. The third-order valence-corrected chi connectivity index (χ3v) is 3.18. The van der Waals surface area contributed by atoms with Crippen LogP contribution in [0.25, 0.3) is 0 Å². The number of halogens is 2. The topological polar surface area (TPSA) is 26.0 Å². The van der Waals surface area contributed by atoms with Gasteiger partial charge in [0, 0.05) is 10.6 Å². The van der Waals surface area contributed by atoms with Gasteiger partial charge in [-0.25, -0.2) is 8.78 Å². The average molecular weight is 217 g/mol. The smallest absolute Gasteiger partial charge is 0.136 e. The number of hydrogen-bond acceptors (Lipinski definition) is 2. The molecule has 78 valence electrons. The molecule has 1 atom stereocenters. The molecule has 0 radical (unpaired) electrons. The highest BCUT2D eigenvalue weighted by Crippen LogP contribution is 2.24. The van der Waals surface area contributed by atoms with Crippen molar-refractivity contribution in [1.29, 1.82) is 0 Å². The van der Waals surface area contributed by atoms with Crippen LogP contribution in [0.4, 0.5) is 8.78 Å². The average Bonchev–Trinajstić information content (AvgIpc) is 2.19. The fourth-order valence-electron chi connectivity index (χ4n) is 0.888. The maximum atomic E-state index is 13.1. The van der Waals surface area contributed by atoms with Crippen molar-refractivity contribution in [1.82, 2.24) is 0 Å². The Morgan fingerprint density at radius 2 is 2.14 bits per heavy atom. The lowest BCUT2D eigenvalue weighted by atomic mass is 10.2. The van der Waals surface area contributed by atoms with Crippen molar-refractivity contribution in [2.24, 2.45) is 11.7 Å². The van der Waals surface area contributed by atoms with Crippen molar-refractivity contribution >= 4 is 11.8 Å². The van der Waals surface area contributed by atoms with Gasteiger partial charge in [0.05, 0.1) is 0 Å². The Balaban J connectivity index is 2.62. The number of hydrogen-bond donors (Lipinski definition) is 1. The summed E-state index contributed by atoms with van der Waals surface area (Å²) in [6.45, 7) is 2.54.